The third-order valence-corrected chi connectivity index (χ3v) is 2.10. The summed E-state index contributed by atoms with van der Waals surface area (Å²) in [6, 6.07) is 1.57. The maximum absolute atomic E-state index is 11.6. The van der Waals surface area contributed by atoms with Crippen LogP contribution in [0.3, 0.4) is 0 Å². The van der Waals surface area contributed by atoms with E-state index in [1.807, 2.05) is 6.92 Å². The monoisotopic (exact) mass is 196 g/mol. The number of amides is 1. The molecule has 2 rings (SSSR count). The Labute approximate surface area is 81.0 Å². The summed E-state index contributed by atoms with van der Waals surface area (Å²) in [4.78, 5) is 12.7. The smallest absolute Gasteiger partial charge is 0.272 e. The highest BCUT2D eigenvalue weighted by Crippen LogP contribution is 2.15. The van der Waals surface area contributed by atoms with Crippen LogP contribution in [0.5, 0.6) is 0 Å². The van der Waals surface area contributed by atoms with Crippen LogP contribution >= 0.6 is 0 Å². The number of ether oxygens (including phenoxy) is 1. The van der Waals surface area contributed by atoms with Gasteiger partial charge in [0, 0.05) is 6.20 Å². The van der Waals surface area contributed by atoms with Crippen molar-refractivity contribution in [3.63, 3.8) is 0 Å². The molecule has 0 unspecified atom stereocenters. The molecule has 0 bridgehead atoms. The number of carbonyl (C=O) groups is 1. The molecule has 2 heterocycles. The molecule has 14 heavy (non-hydrogen) atoms. The second-order valence-electron chi connectivity index (χ2n) is 3.69. The van der Waals surface area contributed by atoms with E-state index in [2.05, 4.69) is 10.4 Å². The minimum absolute atomic E-state index is 0.222. The van der Waals surface area contributed by atoms with Gasteiger partial charge in [-0.1, -0.05) is 0 Å². The number of nitrogens with one attached hydrogen (secondary N) is 1. The van der Waals surface area contributed by atoms with Crippen molar-refractivity contribution in [2.24, 2.45) is 0 Å². The number of nitrogens with two attached hydrogens (primary N) is 1. The van der Waals surface area contributed by atoms with Crippen LogP contribution < -0.4 is 11.2 Å². The normalized spacial score (nSPS) is 18.6. The quantitative estimate of drug-likeness (QED) is 0.601. The van der Waals surface area contributed by atoms with E-state index in [4.69, 9.17) is 10.6 Å². The van der Waals surface area contributed by atoms with Gasteiger partial charge in [-0.2, -0.15) is 4.79 Å². The van der Waals surface area contributed by atoms with Gasteiger partial charge < -0.3 is 15.9 Å². The third-order valence-electron chi connectivity index (χ3n) is 2.10. The summed E-state index contributed by atoms with van der Waals surface area (Å²) in [6.07, 6.45) is 1.52. The first kappa shape index (κ1) is 9.01. The maximum Gasteiger partial charge on any atom is 0.272 e. The van der Waals surface area contributed by atoms with E-state index in [9.17, 15) is 4.79 Å². The minimum Gasteiger partial charge on any atom is -0.376 e. The van der Waals surface area contributed by atoms with Crippen molar-refractivity contribution in [3.05, 3.63) is 18.0 Å². The van der Waals surface area contributed by atoms with E-state index in [-0.39, 0.29) is 11.4 Å². The predicted molar refractivity (Wildman–Crippen MR) is 49.1 cm³/mol. The Kier molecular flexibility index (Phi) is 1.92. The van der Waals surface area contributed by atoms with Crippen molar-refractivity contribution < 1.29 is 9.53 Å². The molecule has 0 atom stereocenters. The first-order chi connectivity index (χ1) is 6.59. The zero-order chi connectivity index (χ0) is 10.2. The molecule has 0 aliphatic carbocycles. The molecule has 0 radical (unpaired) electrons. The standard InChI is InChI=1S/C8H12N4O2/c1-8(4-14-5-8)10-7(13)6-2-3-12(9)11-6/h2-3H,4-5,9H2,1H3,(H,10,13). The van der Waals surface area contributed by atoms with Gasteiger partial charge in [0.05, 0.1) is 18.8 Å². The molecular formula is C8H12N4O2. The Bertz CT molecular complexity index is 356. The molecule has 1 aromatic heterocycles. The molecule has 6 heteroatoms. The first-order valence-electron chi connectivity index (χ1n) is 4.30. The van der Waals surface area contributed by atoms with Crippen molar-refractivity contribution in [1.29, 1.82) is 0 Å². The highest BCUT2D eigenvalue weighted by molar-refractivity contribution is 5.92. The molecule has 0 aromatic carbocycles. The fraction of sp³-hybridized carbons (Fsp3) is 0.500. The topological polar surface area (TPSA) is 82.2 Å². The Morgan fingerprint density at radius 3 is 2.93 bits per heavy atom. The molecule has 0 spiro atoms. The van der Waals surface area contributed by atoms with Gasteiger partial charge in [0.2, 0.25) is 0 Å². The Balaban J connectivity index is 2.02. The van der Waals surface area contributed by atoms with Gasteiger partial charge in [0.15, 0.2) is 5.69 Å². The first-order valence-corrected chi connectivity index (χ1v) is 4.30. The molecule has 1 amide bonds. The maximum atomic E-state index is 11.6. The highest BCUT2D eigenvalue weighted by Gasteiger charge is 2.35. The number of nitrogens with zero attached hydrogens (tertiary/aromatic N) is 2. The van der Waals surface area contributed by atoms with Crippen LogP contribution in [0.1, 0.15) is 17.4 Å². The molecular weight excluding hydrogens is 184 g/mol. The van der Waals surface area contributed by atoms with Crippen LogP contribution in [0.4, 0.5) is 0 Å². The molecule has 1 saturated heterocycles. The van der Waals surface area contributed by atoms with E-state index in [0.717, 1.165) is 4.79 Å². The highest BCUT2D eigenvalue weighted by atomic mass is 16.5. The summed E-state index contributed by atoms with van der Waals surface area (Å²) in [7, 11) is 0. The van der Waals surface area contributed by atoms with Crippen molar-refractivity contribution in [2.75, 3.05) is 19.1 Å². The van der Waals surface area contributed by atoms with Gasteiger partial charge >= 0.3 is 0 Å². The summed E-state index contributed by atoms with van der Waals surface area (Å²) >= 11 is 0. The number of aromatic nitrogens is 2. The summed E-state index contributed by atoms with van der Waals surface area (Å²) < 4.78 is 5.01. The molecule has 3 N–H and O–H groups in total. The van der Waals surface area contributed by atoms with Gasteiger partial charge in [0.25, 0.3) is 5.91 Å². The fourth-order valence-electron chi connectivity index (χ4n) is 1.28. The lowest BCUT2D eigenvalue weighted by Crippen LogP contribution is -2.59. The second kappa shape index (κ2) is 2.98. The minimum atomic E-state index is -0.255. The van der Waals surface area contributed by atoms with Crippen molar-refractivity contribution in [2.45, 2.75) is 12.5 Å². The van der Waals surface area contributed by atoms with Gasteiger partial charge in [0.1, 0.15) is 0 Å². The molecule has 1 aliphatic heterocycles. The van der Waals surface area contributed by atoms with Crippen molar-refractivity contribution >= 4 is 5.91 Å². The zero-order valence-electron chi connectivity index (χ0n) is 7.86. The molecule has 1 aromatic rings. The SMILES string of the molecule is CC1(NC(=O)c2ccn(N)n2)COC1. The van der Waals surface area contributed by atoms with E-state index in [1.165, 1.54) is 6.20 Å². The number of hydrogen-bond donors (Lipinski definition) is 2. The second-order valence-corrected chi connectivity index (χ2v) is 3.69. The van der Waals surface area contributed by atoms with Crippen molar-refractivity contribution in [3.8, 4) is 0 Å². The number of rotatable bonds is 2. The number of nitrogen functional groups attached to an aromatic ring is 1. The Morgan fingerprint density at radius 2 is 2.50 bits per heavy atom. The summed E-state index contributed by atoms with van der Waals surface area (Å²) in [5.41, 5.74) is 0.0655. The van der Waals surface area contributed by atoms with Gasteiger partial charge in [-0.25, -0.2) is 0 Å². The van der Waals surface area contributed by atoms with Gasteiger partial charge in [-0.3, -0.25) is 4.79 Å². The van der Waals surface area contributed by atoms with E-state index >= 15 is 0 Å². The van der Waals surface area contributed by atoms with Crippen molar-refractivity contribution in [1.82, 2.24) is 15.2 Å². The van der Waals surface area contributed by atoms with Crippen LogP contribution in [0.25, 0.3) is 0 Å². The molecule has 1 fully saturated rings. The van der Waals surface area contributed by atoms with Crippen LogP contribution in [0.15, 0.2) is 12.3 Å². The van der Waals surface area contributed by atoms with Crippen LogP contribution in [0.2, 0.25) is 0 Å². The molecule has 1 aliphatic rings. The number of carbonyl (C=O) groups excluding carboxylic acids is 1. The van der Waals surface area contributed by atoms with E-state index in [1.54, 1.807) is 6.07 Å². The van der Waals surface area contributed by atoms with E-state index in [0.29, 0.717) is 18.9 Å². The van der Waals surface area contributed by atoms with Crippen LogP contribution in [-0.4, -0.2) is 34.5 Å². The average Bonchev–Trinajstić information content (AvgIpc) is 2.49. The molecule has 76 valence electrons. The third kappa shape index (κ3) is 1.56. The molecule has 6 nitrogen and oxygen atoms in total. The summed E-state index contributed by atoms with van der Waals surface area (Å²) in [5.74, 6) is 5.11. The number of hydrogen-bond acceptors (Lipinski definition) is 4. The van der Waals surface area contributed by atoms with Crippen LogP contribution in [-0.2, 0) is 4.74 Å². The lowest BCUT2D eigenvalue weighted by atomic mass is 10.0. The van der Waals surface area contributed by atoms with E-state index < -0.39 is 0 Å². The Hall–Kier alpha value is -1.56. The van der Waals surface area contributed by atoms with Crippen LogP contribution in [0, 0.1) is 0 Å². The largest absolute Gasteiger partial charge is 0.376 e. The lowest BCUT2D eigenvalue weighted by molar-refractivity contribution is -0.0594. The summed E-state index contributed by atoms with van der Waals surface area (Å²) in [5, 5.41) is 6.62. The van der Waals surface area contributed by atoms with Gasteiger partial charge in [-0.05, 0) is 13.0 Å². The Morgan fingerprint density at radius 1 is 1.79 bits per heavy atom. The lowest BCUT2D eigenvalue weighted by Gasteiger charge is -2.38. The predicted octanol–water partition coefficient (Wildman–Crippen LogP) is -0.884. The molecule has 0 saturated carbocycles. The summed E-state index contributed by atoms with van der Waals surface area (Å²) in [6.45, 7) is 3.01. The average molecular weight is 196 g/mol. The zero-order valence-corrected chi connectivity index (χ0v) is 7.86. The van der Waals surface area contributed by atoms with Gasteiger partial charge in [-0.15, -0.1) is 5.10 Å². The fourth-order valence-corrected chi connectivity index (χ4v) is 1.28.